The lowest BCUT2D eigenvalue weighted by molar-refractivity contribution is -0.122. The van der Waals surface area contributed by atoms with E-state index in [1.807, 2.05) is 0 Å². The summed E-state index contributed by atoms with van der Waals surface area (Å²) in [6.07, 6.45) is 11.2. The molecule has 0 amide bonds. The summed E-state index contributed by atoms with van der Waals surface area (Å²) in [7, 11) is 0. The molecule has 3 rings (SSSR count). The highest BCUT2D eigenvalue weighted by atomic mass is 16.1. The van der Waals surface area contributed by atoms with Crippen molar-refractivity contribution in [2.24, 2.45) is 29.6 Å². The molecule has 0 heterocycles. The third-order valence-corrected chi connectivity index (χ3v) is 5.74. The van der Waals surface area contributed by atoms with Gasteiger partial charge in [0.05, 0.1) is 0 Å². The highest BCUT2D eigenvalue weighted by Crippen LogP contribution is 2.55. The molecule has 90 valence electrons. The van der Waals surface area contributed by atoms with Crippen LogP contribution in [0.25, 0.3) is 0 Å². The van der Waals surface area contributed by atoms with E-state index < -0.39 is 0 Å². The van der Waals surface area contributed by atoms with Crippen LogP contribution in [0.3, 0.4) is 0 Å². The molecule has 0 radical (unpaired) electrons. The van der Waals surface area contributed by atoms with E-state index in [2.05, 4.69) is 0 Å². The number of carbonyl (C=O) groups is 1. The summed E-state index contributed by atoms with van der Waals surface area (Å²) in [5, 5.41) is 0. The van der Waals surface area contributed by atoms with E-state index in [4.69, 9.17) is 0 Å². The normalized spacial score (nSPS) is 47.2. The summed E-state index contributed by atoms with van der Waals surface area (Å²) in [5.41, 5.74) is 0. The lowest BCUT2D eigenvalue weighted by atomic mass is 9.70. The smallest absolute Gasteiger partial charge is 0.132 e. The summed E-state index contributed by atoms with van der Waals surface area (Å²) >= 11 is 0. The van der Waals surface area contributed by atoms with Crippen LogP contribution in [0.1, 0.15) is 58.3 Å². The average molecular weight is 220 g/mol. The van der Waals surface area contributed by atoms with Crippen LogP contribution in [0.5, 0.6) is 0 Å². The Morgan fingerprint density at radius 1 is 0.875 bits per heavy atom. The maximum absolute atomic E-state index is 11.5. The van der Waals surface area contributed by atoms with Gasteiger partial charge in [-0.3, -0.25) is 4.79 Å². The molecular weight excluding hydrogens is 196 g/mol. The highest BCUT2D eigenvalue weighted by molar-refractivity contribution is 5.78. The number of fused-ring (bicyclic) bond motifs is 3. The Morgan fingerprint density at radius 3 is 2.44 bits per heavy atom. The van der Waals surface area contributed by atoms with Crippen molar-refractivity contribution in [3.05, 3.63) is 0 Å². The van der Waals surface area contributed by atoms with Gasteiger partial charge in [0.1, 0.15) is 5.78 Å². The quantitative estimate of drug-likeness (QED) is 0.656. The third-order valence-electron chi connectivity index (χ3n) is 5.74. The minimum absolute atomic E-state index is 0.418. The predicted molar refractivity (Wildman–Crippen MR) is 65.1 cm³/mol. The molecular formula is C15H24O. The first-order valence-corrected chi connectivity index (χ1v) is 7.26. The van der Waals surface area contributed by atoms with Gasteiger partial charge in [-0.05, 0) is 62.7 Å². The first-order chi connectivity index (χ1) is 7.75. The molecule has 3 saturated carbocycles. The van der Waals surface area contributed by atoms with Crippen LogP contribution in [-0.2, 0) is 4.79 Å². The zero-order valence-electron chi connectivity index (χ0n) is 10.5. The van der Waals surface area contributed by atoms with Crippen LogP contribution < -0.4 is 0 Å². The fourth-order valence-corrected chi connectivity index (χ4v) is 4.97. The van der Waals surface area contributed by atoms with Crippen molar-refractivity contribution in [3.63, 3.8) is 0 Å². The second-order valence-electron chi connectivity index (χ2n) is 6.49. The van der Waals surface area contributed by atoms with Gasteiger partial charge in [0.15, 0.2) is 0 Å². The van der Waals surface area contributed by atoms with Gasteiger partial charge >= 0.3 is 0 Å². The largest absolute Gasteiger partial charge is 0.300 e. The molecule has 0 aromatic heterocycles. The molecule has 0 aromatic carbocycles. The molecule has 3 aliphatic carbocycles. The van der Waals surface area contributed by atoms with Gasteiger partial charge in [-0.2, -0.15) is 0 Å². The van der Waals surface area contributed by atoms with Gasteiger partial charge in [0.25, 0.3) is 0 Å². The molecule has 0 aliphatic heterocycles. The first kappa shape index (κ1) is 10.8. The molecule has 5 unspecified atom stereocenters. The molecule has 3 aliphatic rings. The Kier molecular flexibility index (Phi) is 2.81. The van der Waals surface area contributed by atoms with Crippen molar-refractivity contribution in [3.8, 4) is 0 Å². The molecule has 0 spiro atoms. The maximum atomic E-state index is 11.5. The van der Waals surface area contributed by atoms with Crippen LogP contribution in [0.2, 0.25) is 0 Å². The molecule has 1 nitrogen and oxygen atoms in total. The van der Waals surface area contributed by atoms with Gasteiger partial charge < -0.3 is 0 Å². The van der Waals surface area contributed by atoms with E-state index in [0.29, 0.717) is 11.7 Å². The Hall–Kier alpha value is -0.330. The SMILES string of the molecule is CC(=O)C1CCC2C(C1)CC1CCCCC12. The van der Waals surface area contributed by atoms with Gasteiger partial charge in [-0.15, -0.1) is 0 Å². The highest BCUT2D eigenvalue weighted by Gasteiger charge is 2.46. The van der Waals surface area contributed by atoms with Crippen LogP contribution in [0, 0.1) is 29.6 Å². The van der Waals surface area contributed by atoms with Gasteiger partial charge in [0, 0.05) is 5.92 Å². The maximum Gasteiger partial charge on any atom is 0.132 e. The topological polar surface area (TPSA) is 17.1 Å². The van der Waals surface area contributed by atoms with E-state index in [0.717, 1.165) is 23.7 Å². The zero-order valence-corrected chi connectivity index (χ0v) is 10.5. The zero-order chi connectivity index (χ0) is 11.1. The van der Waals surface area contributed by atoms with E-state index in [-0.39, 0.29) is 0 Å². The first-order valence-electron chi connectivity index (χ1n) is 7.26. The summed E-state index contributed by atoms with van der Waals surface area (Å²) < 4.78 is 0. The molecule has 0 saturated heterocycles. The number of hydrogen-bond donors (Lipinski definition) is 0. The summed E-state index contributed by atoms with van der Waals surface area (Å²) in [6, 6.07) is 0. The van der Waals surface area contributed by atoms with Crippen molar-refractivity contribution >= 4 is 5.78 Å². The van der Waals surface area contributed by atoms with Crippen LogP contribution >= 0.6 is 0 Å². The van der Waals surface area contributed by atoms with Crippen molar-refractivity contribution in [2.45, 2.75) is 58.3 Å². The minimum Gasteiger partial charge on any atom is -0.300 e. The van der Waals surface area contributed by atoms with Crippen molar-refractivity contribution in [1.82, 2.24) is 0 Å². The number of ketones is 1. The molecule has 0 bridgehead atoms. The van der Waals surface area contributed by atoms with Crippen LogP contribution in [-0.4, -0.2) is 5.78 Å². The van der Waals surface area contributed by atoms with E-state index in [9.17, 15) is 4.79 Å². The third kappa shape index (κ3) is 1.72. The van der Waals surface area contributed by atoms with E-state index in [1.54, 1.807) is 6.92 Å². The van der Waals surface area contributed by atoms with Crippen molar-refractivity contribution in [2.75, 3.05) is 0 Å². The fraction of sp³-hybridized carbons (Fsp3) is 0.933. The lowest BCUT2D eigenvalue weighted by Gasteiger charge is -2.35. The predicted octanol–water partition coefficient (Wildman–Crippen LogP) is 3.82. The summed E-state index contributed by atoms with van der Waals surface area (Å²) in [6.45, 7) is 1.80. The number of carbonyl (C=O) groups excluding carboxylic acids is 1. The average Bonchev–Trinajstić information content (AvgIpc) is 2.66. The monoisotopic (exact) mass is 220 g/mol. The molecule has 5 atom stereocenters. The Morgan fingerprint density at radius 2 is 1.62 bits per heavy atom. The molecule has 0 aromatic rings. The molecule has 16 heavy (non-hydrogen) atoms. The van der Waals surface area contributed by atoms with Crippen molar-refractivity contribution < 1.29 is 4.79 Å². The Balaban J connectivity index is 1.70. The van der Waals surface area contributed by atoms with Crippen LogP contribution in [0.15, 0.2) is 0 Å². The van der Waals surface area contributed by atoms with E-state index >= 15 is 0 Å². The Bertz CT molecular complexity index is 283. The number of hydrogen-bond acceptors (Lipinski definition) is 1. The summed E-state index contributed by atoms with van der Waals surface area (Å²) in [5.74, 6) is 4.87. The van der Waals surface area contributed by atoms with Gasteiger partial charge in [-0.25, -0.2) is 0 Å². The van der Waals surface area contributed by atoms with Crippen molar-refractivity contribution in [1.29, 1.82) is 0 Å². The minimum atomic E-state index is 0.418. The molecule has 0 N–H and O–H groups in total. The number of Topliss-reactive ketones (excluding diaryl/α,β-unsaturated/α-hetero) is 1. The van der Waals surface area contributed by atoms with Crippen LogP contribution in [0.4, 0.5) is 0 Å². The van der Waals surface area contributed by atoms with Gasteiger partial charge in [-0.1, -0.05) is 19.3 Å². The van der Waals surface area contributed by atoms with Gasteiger partial charge in [0.2, 0.25) is 0 Å². The second kappa shape index (κ2) is 4.16. The second-order valence-corrected chi connectivity index (χ2v) is 6.49. The Labute approximate surface area is 99.0 Å². The number of rotatable bonds is 1. The fourth-order valence-electron chi connectivity index (χ4n) is 4.97. The molecule has 3 fully saturated rings. The lowest BCUT2D eigenvalue weighted by Crippen LogP contribution is -2.28. The molecule has 1 heteroatoms. The standard InChI is InChI=1S/C15H24O/c1-10(16)11-6-7-15-13(8-11)9-12-4-2-3-5-14(12)15/h11-15H,2-9H2,1H3. The van der Waals surface area contributed by atoms with E-state index in [1.165, 1.54) is 51.4 Å². The summed E-state index contributed by atoms with van der Waals surface area (Å²) in [4.78, 5) is 11.5.